The molecule has 2 nitrogen and oxygen atoms in total. The summed E-state index contributed by atoms with van der Waals surface area (Å²) in [5.41, 5.74) is 0.984. The fraction of sp³-hybridized carbons (Fsp3) is 0.500. The molecular formula is C10H14ClNO. The van der Waals surface area contributed by atoms with Crippen molar-refractivity contribution in [2.24, 2.45) is 5.92 Å². The number of pyridine rings is 1. The molecule has 0 aromatic carbocycles. The van der Waals surface area contributed by atoms with Crippen LogP contribution in [0.3, 0.4) is 0 Å². The van der Waals surface area contributed by atoms with E-state index in [0.717, 1.165) is 17.9 Å². The lowest BCUT2D eigenvalue weighted by atomic mass is 10.1. The molecule has 72 valence electrons. The van der Waals surface area contributed by atoms with E-state index in [0.29, 0.717) is 11.8 Å². The first kappa shape index (κ1) is 10.3. The summed E-state index contributed by atoms with van der Waals surface area (Å²) in [4.78, 5) is 4.25. The molecule has 0 N–H and O–H groups in total. The van der Waals surface area contributed by atoms with E-state index >= 15 is 0 Å². The van der Waals surface area contributed by atoms with Crippen molar-refractivity contribution in [3.05, 3.63) is 24.0 Å². The predicted octanol–water partition coefficient (Wildman–Crippen LogP) is 2.51. The van der Waals surface area contributed by atoms with Crippen molar-refractivity contribution in [1.82, 2.24) is 4.98 Å². The van der Waals surface area contributed by atoms with Crippen LogP contribution in [0.5, 0.6) is 5.75 Å². The number of halogens is 1. The third kappa shape index (κ3) is 2.88. The van der Waals surface area contributed by atoms with Gasteiger partial charge in [0.1, 0.15) is 5.75 Å². The third-order valence-corrected chi connectivity index (χ3v) is 2.40. The SMILES string of the molecule is COc1cccnc1CC(C)CCl. The number of nitrogens with zero attached hydrogens (tertiary/aromatic N) is 1. The van der Waals surface area contributed by atoms with Gasteiger partial charge >= 0.3 is 0 Å². The minimum Gasteiger partial charge on any atom is -0.495 e. The fourth-order valence-corrected chi connectivity index (χ4v) is 1.26. The molecule has 0 saturated heterocycles. The highest BCUT2D eigenvalue weighted by atomic mass is 35.5. The van der Waals surface area contributed by atoms with Crippen molar-refractivity contribution in [2.45, 2.75) is 13.3 Å². The normalized spacial score (nSPS) is 12.5. The highest BCUT2D eigenvalue weighted by molar-refractivity contribution is 6.18. The van der Waals surface area contributed by atoms with Crippen molar-refractivity contribution in [3.8, 4) is 5.75 Å². The van der Waals surface area contributed by atoms with E-state index in [4.69, 9.17) is 16.3 Å². The Labute approximate surface area is 83.9 Å². The zero-order valence-electron chi connectivity index (χ0n) is 7.96. The molecule has 0 saturated carbocycles. The Morgan fingerprint density at radius 2 is 2.38 bits per heavy atom. The van der Waals surface area contributed by atoms with Crippen molar-refractivity contribution in [1.29, 1.82) is 0 Å². The first-order valence-corrected chi connectivity index (χ1v) is 4.85. The van der Waals surface area contributed by atoms with Gasteiger partial charge in [0, 0.05) is 12.1 Å². The lowest BCUT2D eigenvalue weighted by Gasteiger charge is -2.09. The number of ether oxygens (including phenoxy) is 1. The number of rotatable bonds is 4. The minimum atomic E-state index is 0.436. The molecule has 0 bridgehead atoms. The second-order valence-electron chi connectivity index (χ2n) is 3.12. The molecule has 0 aliphatic rings. The van der Waals surface area contributed by atoms with Crippen LogP contribution in [0.25, 0.3) is 0 Å². The van der Waals surface area contributed by atoms with Gasteiger partial charge in [-0.3, -0.25) is 4.98 Å². The molecule has 1 atom stereocenters. The summed E-state index contributed by atoms with van der Waals surface area (Å²) in [5, 5.41) is 0. The quantitative estimate of drug-likeness (QED) is 0.696. The van der Waals surface area contributed by atoms with Gasteiger partial charge in [-0.1, -0.05) is 6.92 Å². The molecule has 1 aromatic rings. The molecule has 1 unspecified atom stereocenters. The molecule has 1 aromatic heterocycles. The van der Waals surface area contributed by atoms with Crippen LogP contribution in [-0.4, -0.2) is 18.0 Å². The molecule has 0 fully saturated rings. The van der Waals surface area contributed by atoms with Gasteiger partial charge in [0.2, 0.25) is 0 Å². The van der Waals surface area contributed by atoms with Gasteiger partial charge < -0.3 is 4.74 Å². The smallest absolute Gasteiger partial charge is 0.140 e. The Hall–Kier alpha value is -0.760. The number of methoxy groups -OCH3 is 1. The molecule has 0 spiro atoms. The Morgan fingerprint density at radius 1 is 1.62 bits per heavy atom. The maximum absolute atomic E-state index is 5.73. The second-order valence-corrected chi connectivity index (χ2v) is 3.42. The summed E-state index contributed by atoms with van der Waals surface area (Å²) in [6.07, 6.45) is 2.65. The Bertz CT molecular complexity index is 265. The van der Waals surface area contributed by atoms with Crippen molar-refractivity contribution in [2.75, 3.05) is 13.0 Å². The lowest BCUT2D eigenvalue weighted by Crippen LogP contribution is -2.04. The molecule has 0 aliphatic heterocycles. The topological polar surface area (TPSA) is 22.1 Å². The van der Waals surface area contributed by atoms with Crippen LogP contribution in [0.4, 0.5) is 0 Å². The number of alkyl halides is 1. The van der Waals surface area contributed by atoms with E-state index < -0.39 is 0 Å². The van der Waals surface area contributed by atoms with Crippen LogP contribution in [0.15, 0.2) is 18.3 Å². The fourth-order valence-electron chi connectivity index (χ4n) is 1.15. The maximum Gasteiger partial charge on any atom is 0.140 e. The minimum absolute atomic E-state index is 0.436. The average Bonchev–Trinajstić information content (AvgIpc) is 2.18. The predicted molar refractivity (Wildman–Crippen MR) is 54.4 cm³/mol. The van der Waals surface area contributed by atoms with Crippen molar-refractivity contribution in [3.63, 3.8) is 0 Å². The standard InChI is InChI=1S/C10H14ClNO/c1-8(7-11)6-9-10(13-2)4-3-5-12-9/h3-5,8H,6-7H2,1-2H3. The second kappa shape index (κ2) is 5.07. The van der Waals surface area contributed by atoms with Crippen LogP contribution < -0.4 is 4.74 Å². The summed E-state index contributed by atoms with van der Waals surface area (Å²) in [5.74, 6) is 1.93. The van der Waals surface area contributed by atoms with Gasteiger partial charge in [0.05, 0.1) is 12.8 Å². The van der Waals surface area contributed by atoms with Crippen LogP contribution in [0, 0.1) is 5.92 Å². The monoisotopic (exact) mass is 199 g/mol. The van der Waals surface area contributed by atoms with Gasteiger partial charge in [0.15, 0.2) is 0 Å². The lowest BCUT2D eigenvalue weighted by molar-refractivity contribution is 0.403. The first-order valence-electron chi connectivity index (χ1n) is 4.31. The van der Waals surface area contributed by atoms with Crippen molar-refractivity contribution >= 4 is 11.6 Å². The highest BCUT2D eigenvalue weighted by Gasteiger charge is 2.07. The van der Waals surface area contributed by atoms with Crippen molar-refractivity contribution < 1.29 is 4.74 Å². The number of aromatic nitrogens is 1. The number of hydrogen-bond donors (Lipinski definition) is 0. The van der Waals surface area contributed by atoms with E-state index in [1.807, 2.05) is 12.1 Å². The summed E-state index contributed by atoms with van der Waals surface area (Å²) >= 11 is 5.73. The van der Waals surface area contributed by atoms with Gasteiger partial charge in [-0.15, -0.1) is 11.6 Å². The Morgan fingerprint density at radius 3 is 3.00 bits per heavy atom. The molecule has 3 heteroatoms. The molecule has 0 amide bonds. The molecule has 13 heavy (non-hydrogen) atoms. The first-order chi connectivity index (χ1) is 6.27. The average molecular weight is 200 g/mol. The van der Waals surface area contributed by atoms with Crippen LogP contribution >= 0.6 is 11.6 Å². The van der Waals surface area contributed by atoms with E-state index in [2.05, 4.69) is 11.9 Å². The van der Waals surface area contributed by atoms with Gasteiger partial charge in [-0.25, -0.2) is 0 Å². The van der Waals surface area contributed by atoms with Gasteiger partial charge in [-0.05, 0) is 24.5 Å². The zero-order chi connectivity index (χ0) is 9.68. The maximum atomic E-state index is 5.73. The van der Waals surface area contributed by atoms with Crippen LogP contribution in [-0.2, 0) is 6.42 Å². The molecule has 0 aliphatic carbocycles. The number of hydrogen-bond acceptors (Lipinski definition) is 2. The molecule has 1 heterocycles. The van der Waals surface area contributed by atoms with E-state index in [-0.39, 0.29) is 0 Å². The van der Waals surface area contributed by atoms with Gasteiger partial charge in [-0.2, -0.15) is 0 Å². The summed E-state index contributed by atoms with van der Waals surface area (Å²) in [6.45, 7) is 2.10. The largest absolute Gasteiger partial charge is 0.495 e. The molecule has 1 rings (SSSR count). The van der Waals surface area contributed by atoms with Crippen LogP contribution in [0.2, 0.25) is 0 Å². The summed E-state index contributed by atoms with van der Waals surface area (Å²) < 4.78 is 5.19. The third-order valence-electron chi connectivity index (χ3n) is 1.87. The highest BCUT2D eigenvalue weighted by Crippen LogP contribution is 2.18. The zero-order valence-corrected chi connectivity index (χ0v) is 8.71. The van der Waals surface area contributed by atoms with E-state index in [9.17, 15) is 0 Å². The van der Waals surface area contributed by atoms with E-state index in [1.165, 1.54) is 0 Å². The Balaban J connectivity index is 2.74. The Kier molecular flexibility index (Phi) is 4.03. The van der Waals surface area contributed by atoms with Crippen LogP contribution in [0.1, 0.15) is 12.6 Å². The summed E-state index contributed by atoms with van der Waals surface area (Å²) in [6, 6.07) is 3.79. The molecule has 0 radical (unpaired) electrons. The van der Waals surface area contributed by atoms with Gasteiger partial charge in [0.25, 0.3) is 0 Å². The summed E-state index contributed by atoms with van der Waals surface area (Å²) in [7, 11) is 1.66. The molecular weight excluding hydrogens is 186 g/mol. The van der Waals surface area contributed by atoms with E-state index in [1.54, 1.807) is 13.3 Å².